The molecule has 2 aliphatic rings. The van der Waals surface area contributed by atoms with Gasteiger partial charge in [0.2, 0.25) is 6.29 Å². The van der Waals surface area contributed by atoms with Crippen molar-refractivity contribution in [3.05, 3.63) is 0 Å². The van der Waals surface area contributed by atoms with Gasteiger partial charge in [0.15, 0.2) is 12.3 Å². The predicted octanol–water partition coefficient (Wildman–Crippen LogP) is -5.12. The molecule has 9 N–H and O–H groups in total. The lowest BCUT2D eigenvalue weighted by Crippen LogP contribution is -2.79. The van der Waals surface area contributed by atoms with Crippen molar-refractivity contribution in [2.24, 2.45) is 0 Å². The van der Waals surface area contributed by atoms with Gasteiger partial charge >= 0.3 is 0 Å². The maximum atomic E-state index is 10.1. The van der Waals surface area contributed by atoms with E-state index in [1.807, 2.05) is 0 Å². The molecule has 2 rings (SSSR count). The monoisotopic (exact) mass is 326 g/mol. The molecule has 0 bridgehead atoms. The summed E-state index contributed by atoms with van der Waals surface area (Å²) in [6, 6.07) is -0.909. The zero-order valence-electron chi connectivity index (χ0n) is 12.1. The fourth-order valence-electron chi connectivity index (χ4n) is 2.60. The first-order valence-corrected chi connectivity index (χ1v) is 7.08. The molecule has 0 amide bonds. The van der Waals surface area contributed by atoms with Crippen molar-refractivity contribution in [1.82, 2.24) is 0 Å². The molecule has 0 spiro atoms. The third kappa shape index (κ3) is 3.26. The van der Waals surface area contributed by atoms with Gasteiger partial charge < -0.3 is 50.6 Å². The molecule has 2 saturated heterocycles. The number of hydrogen-bond donors (Lipinski definition) is 7. The van der Waals surface area contributed by atoms with Crippen LogP contribution in [-0.4, -0.2) is 98.6 Å². The van der Waals surface area contributed by atoms with Crippen LogP contribution in [0.3, 0.4) is 0 Å². The third-order valence-electron chi connectivity index (χ3n) is 4.10. The number of quaternary nitrogens is 1. The Balaban J connectivity index is 2.10. The zero-order chi connectivity index (χ0) is 16.6. The molecule has 10 heteroatoms. The third-order valence-corrected chi connectivity index (χ3v) is 4.10. The normalized spacial score (nSPS) is 53.5. The lowest BCUT2D eigenvalue weighted by molar-refractivity contribution is -0.507. The molecule has 2 heterocycles. The van der Waals surface area contributed by atoms with Crippen molar-refractivity contribution in [2.45, 2.75) is 68.3 Å². The van der Waals surface area contributed by atoms with Crippen LogP contribution < -0.4 is 5.73 Å². The van der Waals surface area contributed by atoms with Crippen molar-refractivity contribution >= 4 is 0 Å². The van der Waals surface area contributed by atoms with E-state index in [0.29, 0.717) is 0 Å². The highest BCUT2D eigenvalue weighted by Gasteiger charge is 2.50. The highest BCUT2D eigenvalue weighted by molar-refractivity contribution is 4.92. The van der Waals surface area contributed by atoms with Crippen LogP contribution in [0.4, 0.5) is 0 Å². The van der Waals surface area contributed by atoms with Crippen LogP contribution in [0, 0.1) is 0 Å². The molecule has 2 fully saturated rings. The molecule has 0 aromatic rings. The Morgan fingerprint density at radius 1 is 0.955 bits per heavy atom. The summed E-state index contributed by atoms with van der Waals surface area (Å²) in [5, 5.41) is 58.3. The van der Waals surface area contributed by atoms with Crippen LogP contribution in [0.2, 0.25) is 0 Å². The quantitative estimate of drug-likeness (QED) is 0.267. The lowest BCUT2D eigenvalue weighted by atomic mass is 9.96. The van der Waals surface area contributed by atoms with Gasteiger partial charge in [-0.15, -0.1) is 0 Å². The van der Waals surface area contributed by atoms with Crippen molar-refractivity contribution in [1.29, 1.82) is 0 Å². The predicted molar refractivity (Wildman–Crippen MR) is 67.9 cm³/mol. The molecular weight excluding hydrogens is 302 g/mol. The van der Waals surface area contributed by atoms with Crippen molar-refractivity contribution in [3.63, 3.8) is 0 Å². The van der Waals surface area contributed by atoms with Gasteiger partial charge in [-0.1, -0.05) is 0 Å². The summed E-state index contributed by atoms with van der Waals surface area (Å²) in [5.41, 5.74) is 3.63. The molecule has 130 valence electrons. The fraction of sp³-hybridized carbons (Fsp3) is 1.00. The summed E-state index contributed by atoms with van der Waals surface area (Å²) in [5.74, 6) is 0. The molecule has 22 heavy (non-hydrogen) atoms. The minimum absolute atomic E-state index is 0.545. The standard InChI is InChI=1S/C12H23NO9/c1-3-6(15)8(17)9(18)12(20-3)22-10-5(13)11(19)21-4(2-14)7(10)16/h3-12,14-19H,2,13H2,1H3/p+1/t3?,4?,5?,6-,7-,8+,9?,10-,11-,12+/m1/s1. The molecular formula is C12H24NO9+. The van der Waals surface area contributed by atoms with Crippen LogP contribution in [0.1, 0.15) is 6.92 Å². The Kier molecular flexibility index (Phi) is 5.72. The average Bonchev–Trinajstić information content (AvgIpc) is 2.50. The molecule has 10 atom stereocenters. The van der Waals surface area contributed by atoms with E-state index in [1.54, 1.807) is 0 Å². The Hall–Kier alpha value is -0.400. The van der Waals surface area contributed by atoms with E-state index in [0.717, 1.165) is 0 Å². The van der Waals surface area contributed by atoms with Gasteiger partial charge in [-0.05, 0) is 6.92 Å². The summed E-state index contributed by atoms with van der Waals surface area (Å²) in [6.07, 6.45) is -11.3. The van der Waals surface area contributed by atoms with E-state index < -0.39 is 68.0 Å². The van der Waals surface area contributed by atoms with E-state index in [2.05, 4.69) is 5.73 Å². The Labute approximate surface area is 126 Å². The number of rotatable bonds is 3. The number of hydrogen-bond acceptors (Lipinski definition) is 9. The molecule has 2 aliphatic heterocycles. The van der Waals surface area contributed by atoms with E-state index in [-0.39, 0.29) is 0 Å². The number of aliphatic hydroxyl groups excluding tert-OH is 6. The van der Waals surface area contributed by atoms with E-state index in [1.165, 1.54) is 6.92 Å². The molecule has 10 nitrogen and oxygen atoms in total. The van der Waals surface area contributed by atoms with Crippen molar-refractivity contribution in [2.75, 3.05) is 6.61 Å². The molecule has 0 saturated carbocycles. The van der Waals surface area contributed by atoms with Crippen LogP contribution in [-0.2, 0) is 14.2 Å². The second kappa shape index (κ2) is 7.01. The van der Waals surface area contributed by atoms with Gasteiger partial charge in [0.05, 0.1) is 12.7 Å². The fourth-order valence-corrected chi connectivity index (χ4v) is 2.60. The Morgan fingerprint density at radius 3 is 2.18 bits per heavy atom. The number of aliphatic hydroxyl groups is 6. The summed E-state index contributed by atoms with van der Waals surface area (Å²) in [4.78, 5) is 0. The Bertz CT molecular complexity index is 373. The van der Waals surface area contributed by atoms with E-state index in [9.17, 15) is 25.5 Å². The SMILES string of the molecule is CC1O[C@@H](O[C@@H]2C([NH3+])[C@H](O)OC(CO)[C@H]2O)C(O)[C@@H](O)[C@@H]1O. The minimum atomic E-state index is -1.54. The topological polar surface area (TPSA) is 177 Å². The summed E-state index contributed by atoms with van der Waals surface area (Å²) >= 11 is 0. The molecule has 0 aromatic carbocycles. The van der Waals surface area contributed by atoms with Crippen molar-refractivity contribution < 1.29 is 50.6 Å². The van der Waals surface area contributed by atoms with Crippen LogP contribution in [0.15, 0.2) is 0 Å². The highest BCUT2D eigenvalue weighted by atomic mass is 16.7. The Morgan fingerprint density at radius 2 is 1.59 bits per heavy atom. The van der Waals surface area contributed by atoms with Gasteiger partial charge in [-0.25, -0.2) is 0 Å². The van der Waals surface area contributed by atoms with Crippen LogP contribution in [0.5, 0.6) is 0 Å². The lowest BCUT2D eigenvalue weighted by Gasteiger charge is -2.44. The van der Waals surface area contributed by atoms with Gasteiger partial charge in [0, 0.05) is 0 Å². The van der Waals surface area contributed by atoms with Gasteiger partial charge in [-0.2, -0.15) is 0 Å². The largest absolute Gasteiger partial charge is 0.394 e. The van der Waals surface area contributed by atoms with Gasteiger partial charge in [0.25, 0.3) is 0 Å². The second-order valence-corrected chi connectivity index (χ2v) is 5.68. The second-order valence-electron chi connectivity index (χ2n) is 5.68. The minimum Gasteiger partial charge on any atom is -0.394 e. The smallest absolute Gasteiger partial charge is 0.211 e. The first kappa shape index (κ1) is 17.9. The maximum Gasteiger partial charge on any atom is 0.211 e. The van der Waals surface area contributed by atoms with E-state index in [4.69, 9.17) is 19.3 Å². The van der Waals surface area contributed by atoms with Crippen LogP contribution in [0.25, 0.3) is 0 Å². The maximum absolute atomic E-state index is 10.1. The summed E-state index contributed by atoms with van der Waals surface area (Å²) in [6.45, 7) is 0.945. The van der Waals surface area contributed by atoms with Crippen LogP contribution >= 0.6 is 0 Å². The highest BCUT2D eigenvalue weighted by Crippen LogP contribution is 2.27. The van der Waals surface area contributed by atoms with Gasteiger partial charge in [0.1, 0.15) is 36.6 Å². The summed E-state index contributed by atoms with van der Waals surface area (Å²) < 4.78 is 15.7. The summed E-state index contributed by atoms with van der Waals surface area (Å²) in [7, 11) is 0. The molecule has 0 radical (unpaired) electrons. The molecule has 4 unspecified atom stereocenters. The van der Waals surface area contributed by atoms with E-state index >= 15 is 0 Å². The number of ether oxygens (including phenoxy) is 3. The van der Waals surface area contributed by atoms with Gasteiger partial charge in [-0.3, -0.25) is 0 Å². The zero-order valence-corrected chi connectivity index (χ0v) is 12.1. The first-order chi connectivity index (χ1) is 10.3. The first-order valence-electron chi connectivity index (χ1n) is 7.08. The van der Waals surface area contributed by atoms with Crippen molar-refractivity contribution in [3.8, 4) is 0 Å². The molecule has 0 aromatic heterocycles. The average molecular weight is 326 g/mol. The molecule has 0 aliphatic carbocycles.